The van der Waals surface area contributed by atoms with Crippen LogP contribution in [0.3, 0.4) is 0 Å². The Bertz CT molecular complexity index is 531. The van der Waals surface area contributed by atoms with Crippen molar-refractivity contribution in [3.8, 4) is 0 Å². The van der Waals surface area contributed by atoms with E-state index in [2.05, 4.69) is 19.2 Å². The van der Waals surface area contributed by atoms with E-state index in [1.807, 2.05) is 0 Å². The predicted molar refractivity (Wildman–Crippen MR) is 94.4 cm³/mol. The molecule has 1 amide bonds. The molecule has 2 heterocycles. The third-order valence-corrected chi connectivity index (χ3v) is 6.87. The maximum absolute atomic E-state index is 12.2. The van der Waals surface area contributed by atoms with Crippen molar-refractivity contribution in [1.82, 2.24) is 5.32 Å². The molecule has 6 unspecified atom stereocenters. The van der Waals surface area contributed by atoms with Crippen molar-refractivity contribution in [2.24, 2.45) is 11.8 Å². The largest absolute Gasteiger partial charge is 0.465 e. The van der Waals surface area contributed by atoms with Gasteiger partial charge in [-0.05, 0) is 65.2 Å². The Labute approximate surface area is 155 Å². The molecular weight excluding hydrogens is 334 g/mol. The highest BCUT2D eigenvalue weighted by atomic mass is 16.6. The van der Waals surface area contributed by atoms with Gasteiger partial charge in [0.15, 0.2) is 0 Å². The zero-order chi connectivity index (χ0) is 18.4. The van der Waals surface area contributed by atoms with E-state index in [0.29, 0.717) is 13.2 Å². The molecule has 2 saturated heterocycles. The lowest BCUT2D eigenvalue weighted by Crippen LogP contribution is -2.35. The number of esters is 1. The van der Waals surface area contributed by atoms with Crippen molar-refractivity contribution in [3.63, 3.8) is 0 Å². The van der Waals surface area contributed by atoms with Gasteiger partial charge in [0.1, 0.15) is 0 Å². The normalized spacial score (nSPS) is 43.0. The summed E-state index contributed by atoms with van der Waals surface area (Å²) < 4.78 is 16.7. The summed E-state index contributed by atoms with van der Waals surface area (Å²) in [5, 5.41) is 3.02. The Morgan fingerprint density at radius 3 is 2.27 bits per heavy atom. The predicted octanol–water partition coefficient (Wildman–Crippen LogP) is 2.34. The van der Waals surface area contributed by atoms with Gasteiger partial charge in [-0.2, -0.15) is 0 Å². The van der Waals surface area contributed by atoms with Crippen LogP contribution in [0.5, 0.6) is 0 Å². The molecule has 2 saturated carbocycles. The lowest BCUT2D eigenvalue weighted by molar-refractivity contribution is -0.149. The van der Waals surface area contributed by atoms with Gasteiger partial charge in [-0.15, -0.1) is 0 Å². The van der Waals surface area contributed by atoms with Gasteiger partial charge in [-0.25, -0.2) is 0 Å². The molecule has 4 aliphatic rings. The van der Waals surface area contributed by atoms with E-state index in [0.717, 1.165) is 51.4 Å². The molecule has 4 fully saturated rings. The topological polar surface area (TPSA) is 80.5 Å². The molecule has 0 aromatic carbocycles. The molecule has 0 spiro atoms. The molecule has 0 radical (unpaired) electrons. The monoisotopic (exact) mass is 365 g/mol. The number of ether oxygens (including phenoxy) is 3. The standard InChI is InChI=1S/C20H31NO5/c1-19-7-5-13(11-15(19)25-19)17(22)21-9-3-4-10-24-18(23)14-6-8-20(2)16(12-14)26-20/h13-16H,3-12H2,1-2H3,(H,21,22). The van der Waals surface area contributed by atoms with Crippen molar-refractivity contribution in [1.29, 1.82) is 0 Å². The van der Waals surface area contributed by atoms with Gasteiger partial charge in [0, 0.05) is 12.5 Å². The lowest BCUT2D eigenvalue weighted by atomic mass is 9.82. The molecule has 6 atom stereocenters. The van der Waals surface area contributed by atoms with Crippen molar-refractivity contribution >= 4 is 11.9 Å². The third kappa shape index (κ3) is 3.77. The number of nitrogens with one attached hydrogen (secondary N) is 1. The molecule has 0 aromatic rings. The minimum Gasteiger partial charge on any atom is -0.465 e. The van der Waals surface area contributed by atoms with Crippen LogP contribution < -0.4 is 5.32 Å². The van der Waals surface area contributed by atoms with E-state index in [1.54, 1.807) is 0 Å². The average Bonchev–Trinajstić information content (AvgIpc) is 3.48. The second-order valence-electron chi connectivity index (χ2n) is 8.95. The van der Waals surface area contributed by atoms with Crippen LogP contribution in [-0.2, 0) is 23.8 Å². The highest BCUT2D eigenvalue weighted by molar-refractivity contribution is 5.78. The van der Waals surface area contributed by atoms with Gasteiger partial charge in [-0.3, -0.25) is 9.59 Å². The zero-order valence-electron chi connectivity index (χ0n) is 15.9. The molecule has 2 aliphatic carbocycles. The van der Waals surface area contributed by atoms with E-state index in [9.17, 15) is 9.59 Å². The molecule has 2 aliphatic heterocycles. The first-order valence-electron chi connectivity index (χ1n) is 10.2. The van der Waals surface area contributed by atoms with Crippen LogP contribution in [0.1, 0.15) is 65.2 Å². The van der Waals surface area contributed by atoms with E-state index in [1.165, 1.54) is 0 Å². The van der Waals surface area contributed by atoms with E-state index in [-0.39, 0.29) is 47.1 Å². The number of rotatable bonds is 7. The highest BCUT2D eigenvalue weighted by Crippen LogP contribution is 2.50. The summed E-state index contributed by atoms with van der Waals surface area (Å²) in [6.45, 7) is 5.34. The van der Waals surface area contributed by atoms with Gasteiger partial charge >= 0.3 is 5.97 Å². The molecule has 146 valence electrons. The molecule has 6 nitrogen and oxygen atoms in total. The minimum atomic E-state index is -0.0822. The summed E-state index contributed by atoms with van der Waals surface area (Å²) in [4.78, 5) is 24.3. The van der Waals surface area contributed by atoms with Crippen molar-refractivity contribution in [2.45, 2.75) is 88.6 Å². The Balaban J connectivity index is 1.04. The van der Waals surface area contributed by atoms with Crippen LogP contribution in [0.4, 0.5) is 0 Å². The van der Waals surface area contributed by atoms with Gasteiger partial charge in [0.05, 0.1) is 35.9 Å². The number of hydrogen-bond acceptors (Lipinski definition) is 5. The van der Waals surface area contributed by atoms with Gasteiger partial charge in [0.25, 0.3) is 0 Å². The summed E-state index contributed by atoms with van der Waals surface area (Å²) in [5.41, 5.74) is 0.0980. The summed E-state index contributed by atoms with van der Waals surface area (Å²) in [7, 11) is 0. The first-order valence-corrected chi connectivity index (χ1v) is 10.2. The summed E-state index contributed by atoms with van der Waals surface area (Å²) in [6.07, 6.45) is 7.53. The van der Waals surface area contributed by atoms with Crippen LogP contribution in [0, 0.1) is 11.8 Å². The third-order valence-electron chi connectivity index (χ3n) is 6.87. The Hall–Kier alpha value is -1.14. The van der Waals surface area contributed by atoms with E-state index < -0.39 is 0 Å². The van der Waals surface area contributed by atoms with Crippen molar-refractivity contribution < 1.29 is 23.8 Å². The van der Waals surface area contributed by atoms with Crippen LogP contribution in [0.25, 0.3) is 0 Å². The average molecular weight is 365 g/mol. The van der Waals surface area contributed by atoms with Crippen molar-refractivity contribution in [3.05, 3.63) is 0 Å². The van der Waals surface area contributed by atoms with E-state index in [4.69, 9.17) is 14.2 Å². The minimum absolute atomic E-state index is 0.00286. The number of unbranched alkanes of at least 4 members (excludes halogenated alkanes) is 1. The molecule has 6 heteroatoms. The first-order chi connectivity index (χ1) is 12.4. The zero-order valence-corrected chi connectivity index (χ0v) is 15.9. The number of carbonyl (C=O) groups excluding carboxylic acids is 2. The molecule has 0 aromatic heterocycles. The first kappa shape index (κ1) is 18.2. The number of amides is 1. The van der Waals surface area contributed by atoms with E-state index >= 15 is 0 Å². The summed E-state index contributed by atoms with van der Waals surface area (Å²) in [6, 6.07) is 0. The molecular formula is C20H31NO5. The quantitative estimate of drug-likeness (QED) is 0.425. The molecule has 4 rings (SSSR count). The van der Waals surface area contributed by atoms with Crippen LogP contribution in [0.15, 0.2) is 0 Å². The van der Waals surface area contributed by atoms with Crippen LogP contribution >= 0.6 is 0 Å². The second-order valence-corrected chi connectivity index (χ2v) is 8.95. The Morgan fingerprint density at radius 2 is 1.62 bits per heavy atom. The lowest BCUT2D eigenvalue weighted by Gasteiger charge is -2.21. The SMILES string of the molecule is CC12CCC(C(=O)NCCCCOC(=O)C3CCC4(C)OC4C3)CC1O2. The number of fused-ring (bicyclic) bond motifs is 2. The van der Waals surface area contributed by atoms with Crippen LogP contribution in [-0.4, -0.2) is 48.4 Å². The Kier molecular flexibility index (Phi) is 4.76. The van der Waals surface area contributed by atoms with Crippen LogP contribution in [0.2, 0.25) is 0 Å². The fraction of sp³-hybridized carbons (Fsp3) is 0.900. The van der Waals surface area contributed by atoms with Crippen molar-refractivity contribution in [2.75, 3.05) is 13.2 Å². The smallest absolute Gasteiger partial charge is 0.309 e. The van der Waals surface area contributed by atoms with Gasteiger partial charge in [0.2, 0.25) is 5.91 Å². The fourth-order valence-corrected chi connectivity index (χ4v) is 4.62. The van der Waals surface area contributed by atoms with Gasteiger partial charge in [-0.1, -0.05) is 0 Å². The summed E-state index contributed by atoms with van der Waals surface area (Å²) >= 11 is 0. The maximum Gasteiger partial charge on any atom is 0.309 e. The maximum atomic E-state index is 12.2. The highest BCUT2D eigenvalue weighted by Gasteiger charge is 2.57. The molecule has 26 heavy (non-hydrogen) atoms. The fourth-order valence-electron chi connectivity index (χ4n) is 4.62. The van der Waals surface area contributed by atoms with Gasteiger partial charge < -0.3 is 19.5 Å². The number of hydrogen-bond donors (Lipinski definition) is 1. The Morgan fingerprint density at radius 1 is 1.00 bits per heavy atom. The molecule has 0 bridgehead atoms. The molecule has 1 N–H and O–H groups in total. The number of epoxide rings is 2. The number of carbonyl (C=O) groups is 2. The second kappa shape index (κ2) is 6.79. The summed E-state index contributed by atoms with van der Waals surface area (Å²) in [5.74, 6) is 0.155.